The summed E-state index contributed by atoms with van der Waals surface area (Å²) in [6, 6.07) is 9.88. The maximum atomic E-state index is 5.82. The molecular weight excluding hydrogens is 228 g/mol. The second-order valence-corrected chi connectivity index (χ2v) is 5.01. The van der Waals surface area contributed by atoms with E-state index in [2.05, 4.69) is 36.7 Å². The van der Waals surface area contributed by atoms with E-state index in [0.29, 0.717) is 4.83 Å². The van der Waals surface area contributed by atoms with Gasteiger partial charge in [-0.25, -0.2) is 0 Å². The van der Waals surface area contributed by atoms with Crippen molar-refractivity contribution in [3.05, 3.63) is 30.3 Å². The lowest BCUT2D eigenvalue weighted by Crippen LogP contribution is -2.36. The molecule has 0 spiro atoms. The lowest BCUT2D eigenvalue weighted by atomic mass is 10.1. The number of para-hydroxylation sites is 1. The van der Waals surface area contributed by atoms with Gasteiger partial charge in [0.2, 0.25) is 0 Å². The Hall–Kier alpha value is -0.500. The van der Waals surface area contributed by atoms with Gasteiger partial charge in [-0.2, -0.15) is 0 Å². The van der Waals surface area contributed by atoms with Crippen LogP contribution in [0.2, 0.25) is 0 Å². The van der Waals surface area contributed by atoms with Crippen LogP contribution in [0.1, 0.15) is 20.8 Å². The lowest BCUT2D eigenvalue weighted by molar-refractivity contribution is 0.113. The normalized spacial score (nSPS) is 13.8. The van der Waals surface area contributed by atoms with E-state index in [-0.39, 0.29) is 5.60 Å². The Bertz CT molecular complexity index is 254. The number of halogens is 1. The van der Waals surface area contributed by atoms with Crippen LogP contribution in [-0.2, 0) is 0 Å². The zero-order chi connectivity index (χ0) is 9.90. The molecule has 0 heterocycles. The zero-order valence-corrected chi connectivity index (χ0v) is 9.84. The highest BCUT2D eigenvalue weighted by Crippen LogP contribution is 2.24. The van der Waals surface area contributed by atoms with Crippen LogP contribution in [0.4, 0.5) is 0 Å². The molecule has 2 heteroatoms. The van der Waals surface area contributed by atoms with Gasteiger partial charge < -0.3 is 4.74 Å². The van der Waals surface area contributed by atoms with Crippen molar-refractivity contribution in [3.63, 3.8) is 0 Å². The molecule has 0 bridgehead atoms. The minimum atomic E-state index is -0.179. The van der Waals surface area contributed by atoms with Crippen molar-refractivity contribution in [2.45, 2.75) is 31.2 Å². The summed E-state index contributed by atoms with van der Waals surface area (Å²) in [7, 11) is 0. The number of ether oxygens (including phenoxy) is 1. The molecule has 0 amide bonds. The Kier molecular flexibility index (Phi) is 3.37. The maximum absolute atomic E-state index is 5.82. The Morgan fingerprint density at radius 1 is 1.23 bits per heavy atom. The average Bonchev–Trinajstić information content (AvgIpc) is 2.05. The van der Waals surface area contributed by atoms with Gasteiger partial charge in [0.1, 0.15) is 11.4 Å². The molecular formula is C11H15BrO. The van der Waals surface area contributed by atoms with E-state index in [0.717, 1.165) is 5.75 Å². The molecule has 1 aromatic carbocycles. The number of benzene rings is 1. The summed E-state index contributed by atoms with van der Waals surface area (Å²) < 4.78 is 5.82. The van der Waals surface area contributed by atoms with Gasteiger partial charge in [0.05, 0.1) is 4.83 Å². The van der Waals surface area contributed by atoms with Gasteiger partial charge in [0.25, 0.3) is 0 Å². The predicted molar refractivity (Wildman–Crippen MR) is 59.5 cm³/mol. The molecule has 0 radical (unpaired) electrons. The van der Waals surface area contributed by atoms with Crippen molar-refractivity contribution in [3.8, 4) is 5.75 Å². The summed E-state index contributed by atoms with van der Waals surface area (Å²) in [5, 5.41) is 0. The zero-order valence-electron chi connectivity index (χ0n) is 8.25. The monoisotopic (exact) mass is 242 g/mol. The van der Waals surface area contributed by atoms with Gasteiger partial charge in [-0.3, -0.25) is 0 Å². The van der Waals surface area contributed by atoms with E-state index < -0.39 is 0 Å². The Morgan fingerprint density at radius 2 is 1.77 bits per heavy atom. The Labute approximate surface area is 88.2 Å². The standard InChI is InChI=1S/C11H15BrO/c1-9(12)11(2,3)13-10-7-5-4-6-8-10/h4-9H,1-3H3. The van der Waals surface area contributed by atoms with E-state index in [1.165, 1.54) is 0 Å². The fourth-order valence-corrected chi connectivity index (χ4v) is 0.967. The van der Waals surface area contributed by atoms with Crippen molar-refractivity contribution in [1.29, 1.82) is 0 Å². The third-order valence-electron chi connectivity index (χ3n) is 2.08. The lowest BCUT2D eigenvalue weighted by Gasteiger charge is -2.29. The van der Waals surface area contributed by atoms with E-state index >= 15 is 0 Å². The van der Waals surface area contributed by atoms with Crippen molar-refractivity contribution >= 4 is 15.9 Å². The topological polar surface area (TPSA) is 9.23 Å². The van der Waals surface area contributed by atoms with Crippen LogP contribution in [-0.4, -0.2) is 10.4 Å². The van der Waals surface area contributed by atoms with Gasteiger partial charge in [-0.05, 0) is 32.9 Å². The molecule has 0 fully saturated rings. The SMILES string of the molecule is CC(Br)C(C)(C)Oc1ccccc1. The molecule has 1 nitrogen and oxygen atoms in total. The smallest absolute Gasteiger partial charge is 0.120 e. The van der Waals surface area contributed by atoms with Gasteiger partial charge in [0, 0.05) is 0 Å². The summed E-state index contributed by atoms with van der Waals surface area (Å²) in [5.74, 6) is 0.916. The minimum Gasteiger partial charge on any atom is -0.487 e. The Morgan fingerprint density at radius 3 is 2.23 bits per heavy atom. The van der Waals surface area contributed by atoms with Gasteiger partial charge in [-0.1, -0.05) is 34.1 Å². The first-order valence-electron chi connectivity index (χ1n) is 4.40. The molecule has 0 aliphatic heterocycles. The molecule has 0 saturated carbocycles. The van der Waals surface area contributed by atoms with E-state index in [1.807, 2.05) is 30.3 Å². The Balaban J connectivity index is 2.69. The summed E-state index contributed by atoms with van der Waals surface area (Å²) in [5.41, 5.74) is -0.179. The van der Waals surface area contributed by atoms with E-state index in [4.69, 9.17) is 4.74 Å². The highest BCUT2D eigenvalue weighted by Gasteiger charge is 2.25. The maximum Gasteiger partial charge on any atom is 0.120 e. The molecule has 1 unspecified atom stereocenters. The second-order valence-electron chi connectivity index (χ2n) is 3.63. The highest BCUT2D eigenvalue weighted by atomic mass is 79.9. The van der Waals surface area contributed by atoms with Crippen molar-refractivity contribution in [2.24, 2.45) is 0 Å². The molecule has 1 atom stereocenters. The first-order valence-corrected chi connectivity index (χ1v) is 5.32. The largest absolute Gasteiger partial charge is 0.487 e. The van der Waals surface area contributed by atoms with Crippen molar-refractivity contribution < 1.29 is 4.74 Å². The van der Waals surface area contributed by atoms with Crippen LogP contribution in [0.3, 0.4) is 0 Å². The molecule has 13 heavy (non-hydrogen) atoms. The van der Waals surface area contributed by atoms with E-state index in [1.54, 1.807) is 0 Å². The summed E-state index contributed by atoms with van der Waals surface area (Å²) >= 11 is 3.53. The van der Waals surface area contributed by atoms with Crippen LogP contribution in [0.15, 0.2) is 30.3 Å². The van der Waals surface area contributed by atoms with Crippen LogP contribution in [0, 0.1) is 0 Å². The molecule has 0 N–H and O–H groups in total. The molecule has 0 aliphatic rings. The fraction of sp³-hybridized carbons (Fsp3) is 0.455. The third-order valence-corrected chi connectivity index (χ3v) is 3.18. The minimum absolute atomic E-state index is 0.179. The molecule has 72 valence electrons. The number of alkyl halides is 1. The van der Waals surface area contributed by atoms with Crippen LogP contribution >= 0.6 is 15.9 Å². The number of hydrogen-bond donors (Lipinski definition) is 0. The van der Waals surface area contributed by atoms with Gasteiger partial charge in [0.15, 0.2) is 0 Å². The molecule has 1 rings (SSSR count). The molecule has 0 aliphatic carbocycles. The van der Waals surface area contributed by atoms with Gasteiger partial charge >= 0.3 is 0 Å². The third kappa shape index (κ3) is 3.03. The summed E-state index contributed by atoms with van der Waals surface area (Å²) in [6.07, 6.45) is 0. The number of hydrogen-bond acceptors (Lipinski definition) is 1. The second kappa shape index (κ2) is 4.14. The van der Waals surface area contributed by atoms with Crippen LogP contribution < -0.4 is 4.74 Å². The van der Waals surface area contributed by atoms with Crippen molar-refractivity contribution in [2.75, 3.05) is 0 Å². The highest BCUT2D eigenvalue weighted by molar-refractivity contribution is 9.09. The first-order chi connectivity index (χ1) is 6.02. The van der Waals surface area contributed by atoms with Crippen LogP contribution in [0.25, 0.3) is 0 Å². The van der Waals surface area contributed by atoms with Gasteiger partial charge in [-0.15, -0.1) is 0 Å². The predicted octanol–water partition coefficient (Wildman–Crippen LogP) is 3.63. The van der Waals surface area contributed by atoms with Crippen molar-refractivity contribution in [1.82, 2.24) is 0 Å². The average molecular weight is 243 g/mol. The molecule has 0 saturated heterocycles. The number of rotatable bonds is 3. The summed E-state index contributed by atoms with van der Waals surface area (Å²) in [6.45, 7) is 6.22. The first kappa shape index (κ1) is 10.6. The molecule has 0 aromatic heterocycles. The van der Waals surface area contributed by atoms with E-state index in [9.17, 15) is 0 Å². The quantitative estimate of drug-likeness (QED) is 0.736. The molecule has 1 aromatic rings. The fourth-order valence-electron chi connectivity index (χ4n) is 0.873. The van der Waals surface area contributed by atoms with Crippen LogP contribution in [0.5, 0.6) is 5.75 Å². The summed E-state index contributed by atoms with van der Waals surface area (Å²) in [4.78, 5) is 0.320.